The quantitative estimate of drug-likeness (QED) is 0.748. The van der Waals surface area contributed by atoms with E-state index in [1.165, 1.54) is 0 Å². The summed E-state index contributed by atoms with van der Waals surface area (Å²) in [5, 5.41) is 0. The molecule has 2 atom stereocenters. The fourth-order valence-electron chi connectivity index (χ4n) is 2.02. The molecule has 2 aliphatic heterocycles. The van der Waals surface area contributed by atoms with Crippen LogP contribution in [0.1, 0.15) is 27.7 Å². The average Bonchev–Trinajstić information content (AvgIpc) is 2.70. The summed E-state index contributed by atoms with van der Waals surface area (Å²) < 4.78 is 27.7. The topological polar surface area (TPSA) is 46.2 Å². The molecule has 0 aromatic rings. The maximum Gasteiger partial charge on any atom is 0.163 e. The van der Waals surface area contributed by atoms with Gasteiger partial charge in [0.25, 0.3) is 0 Å². The predicted octanol–water partition coefficient (Wildman–Crippen LogP) is 1.31. The van der Waals surface area contributed by atoms with Crippen LogP contribution in [0.2, 0.25) is 0 Å². The molecule has 0 aliphatic carbocycles. The third-order valence-corrected chi connectivity index (χ3v) is 2.74. The van der Waals surface area contributed by atoms with Crippen molar-refractivity contribution >= 4 is 0 Å². The van der Waals surface area contributed by atoms with Crippen molar-refractivity contribution in [3.8, 4) is 0 Å². The second-order valence-electron chi connectivity index (χ2n) is 5.44. The highest BCUT2D eigenvalue weighted by molar-refractivity contribution is 4.72. The molecule has 0 unspecified atom stereocenters. The van der Waals surface area contributed by atoms with Crippen molar-refractivity contribution in [1.29, 1.82) is 0 Å². The Balaban J connectivity index is 1.61. The molecule has 2 heterocycles. The minimum atomic E-state index is -0.483. The maximum absolute atomic E-state index is 5.64. The molecule has 0 aromatic carbocycles. The fourth-order valence-corrected chi connectivity index (χ4v) is 2.02. The minimum absolute atomic E-state index is 0.0142. The number of rotatable bonds is 4. The molecule has 0 spiro atoms. The molecule has 0 N–H and O–H groups in total. The Hall–Kier alpha value is -0.200. The summed E-state index contributed by atoms with van der Waals surface area (Å²) in [6, 6.07) is 0. The average molecular weight is 246 g/mol. The molecule has 0 radical (unpaired) electrons. The van der Waals surface area contributed by atoms with Crippen molar-refractivity contribution in [1.82, 2.24) is 0 Å². The highest BCUT2D eigenvalue weighted by atomic mass is 16.8. The summed E-state index contributed by atoms with van der Waals surface area (Å²) in [4.78, 5) is 0. The second-order valence-corrected chi connectivity index (χ2v) is 5.44. The molecule has 0 saturated carbocycles. The van der Waals surface area contributed by atoms with Crippen LogP contribution in [0.25, 0.3) is 0 Å². The van der Waals surface area contributed by atoms with Gasteiger partial charge in [-0.05, 0) is 27.7 Å². The molecule has 2 fully saturated rings. The van der Waals surface area contributed by atoms with Crippen LogP contribution in [0.5, 0.6) is 0 Å². The third kappa shape index (κ3) is 3.89. The Morgan fingerprint density at radius 3 is 1.59 bits per heavy atom. The van der Waals surface area contributed by atoms with Gasteiger partial charge < -0.3 is 23.7 Å². The van der Waals surface area contributed by atoms with E-state index < -0.39 is 11.6 Å². The van der Waals surface area contributed by atoms with Crippen LogP contribution >= 0.6 is 0 Å². The summed E-state index contributed by atoms with van der Waals surface area (Å²) in [7, 11) is 0. The Kier molecular flexibility index (Phi) is 3.75. The molecule has 2 aliphatic rings. The summed E-state index contributed by atoms with van der Waals surface area (Å²) in [6.45, 7) is 9.86. The molecule has 0 amide bonds. The molecule has 0 bridgehead atoms. The Bertz CT molecular complexity index is 238. The van der Waals surface area contributed by atoms with Gasteiger partial charge in [-0.25, -0.2) is 0 Å². The Labute approximate surface area is 102 Å². The lowest BCUT2D eigenvalue weighted by Crippen LogP contribution is -2.27. The van der Waals surface area contributed by atoms with Gasteiger partial charge in [0.1, 0.15) is 12.2 Å². The van der Waals surface area contributed by atoms with Crippen molar-refractivity contribution < 1.29 is 23.7 Å². The first kappa shape index (κ1) is 13.2. The Morgan fingerprint density at radius 2 is 1.29 bits per heavy atom. The van der Waals surface area contributed by atoms with Crippen LogP contribution in [-0.2, 0) is 23.7 Å². The normalized spacial score (nSPS) is 35.3. The van der Waals surface area contributed by atoms with Gasteiger partial charge in [0.05, 0.1) is 26.4 Å². The van der Waals surface area contributed by atoms with Crippen LogP contribution in [0.15, 0.2) is 0 Å². The molecule has 5 heteroatoms. The van der Waals surface area contributed by atoms with E-state index in [2.05, 4.69) is 0 Å². The second kappa shape index (κ2) is 4.82. The van der Waals surface area contributed by atoms with Crippen LogP contribution in [0.4, 0.5) is 0 Å². The van der Waals surface area contributed by atoms with Crippen LogP contribution in [0, 0.1) is 0 Å². The van der Waals surface area contributed by atoms with E-state index >= 15 is 0 Å². The fraction of sp³-hybridized carbons (Fsp3) is 1.00. The number of ether oxygens (including phenoxy) is 5. The van der Waals surface area contributed by atoms with E-state index in [0.717, 1.165) is 0 Å². The monoisotopic (exact) mass is 246 g/mol. The van der Waals surface area contributed by atoms with Gasteiger partial charge in [0, 0.05) is 0 Å². The van der Waals surface area contributed by atoms with Crippen LogP contribution in [0.3, 0.4) is 0 Å². The maximum atomic E-state index is 5.64. The van der Waals surface area contributed by atoms with Crippen molar-refractivity contribution in [3.05, 3.63) is 0 Å². The first-order chi connectivity index (χ1) is 7.86. The van der Waals surface area contributed by atoms with Crippen molar-refractivity contribution in [3.63, 3.8) is 0 Å². The van der Waals surface area contributed by atoms with E-state index in [1.54, 1.807) is 0 Å². The molecule has 5 nitrogen and oxygen atoms in total. The molecule has 2 rings (SSSR count). The number of hydrogen-bond donors (Lipinski definition) is 0. The molecule has 100 valence electrons. The summed E-state index contributed by atoms with van der Waals surface area (Å²) >= 11 is 0. The highest BCUT2D eigenvalue weighted by Crippen LogP contribution is 2.24. The van der Waals surface area contributed by atoms with E-state index in [1.807, 2.05) is 27.7 Å². The summed E-state index contributed by atoms with van der Waals surface area (Å²) in [6.07, 6.45) is 0.0284. The van der Waals surface area contributed by atoms with Gasteiger partial charge >= 0.3 is 0 Å². The standard InChI is InChI=1S/C12H22O5/c1-11(2)14-7-9(16-11)5-13-6-10-8-15-12(3,4)17-10/h9-10H,5-8H2,1-4H3/t9-,10-/m1/s1. The zero-order valence-corrected chi connectivity index (χ0v) is 11.0. The molecule has 0 aromatic heterocycles. The molecular formula is C12H22O5. The first-order valence-corrected chi connectivity index (χ1v) is 6.08. The third-order valence-electron chi connectivity index (χ3n) is 2.74. The van der Waals surface area contributed by atoms with Crippen molar-refractivity contribution in [2.45, 2.75) is 51.5 Å². The van der Waals surface area contributed by atoms with Gasteiger partial charge in [-0.15, -0.1) is 0 Å². The van der Waals surface area contributed by atoms with E-state index in [0.29, 0.717) is 26.4 Å². The van der Waals surface area contributed by atoms with E-state index in [9.17, 15) is 0 Å². The van der Waals surface area contributed by atoms with Gasteiger partial charge in [-0.1, -0.05) is 0 Å². The van der Waals surface area contributed by atoms with Crippen LogP contribution < -0.4 is 0 Å². The van der Waals surface area contributed by atoms with E-state index in [4.69, 9.17) is 23.7 Å². The van der Waals surface area contributed by atoms with E-state index in [-0.39, 0.29) is 12.2 Å². The lowest BCUT2D eigenvalue weighted by Gasteiger charge is -2.18. The number of hydrogen-bond acceptors (Lipinski definition) is 5. The van der Waals surface area contributed by atoms with Gasteiger partial charge in [-0.2, -0.15) is 0 Å². The molecule has 2 saturated heterocycles. The zero-order chi connectivity index (χ0) is 12.5. The highest BCUT2D eigenvalue weighted by Gasteiger charge is 2.34. The first-order valence-electron chi connectivity index (χ1n) is 6.08. The molecule has 17 heavy (non-hydrogen) atoms. The minimum Gasteiger partial charge on any atom is -0.376 e. The zero-order valence-electron chi connectivity index (χ0n) is 11.0. The van der Waals surface area contributed by atoms with Gasteiger partial charge in [0.15, 0.2) is 11.6 Å². The SMILES string of the molecule is CC1(C)OC[C@@H](COC[C@@H]2COC(C)(C)O2)O1. The Morgan fingerprint density at radius 1 is 0.882 bits per heavy atom. The van der Waals surface area contributed by atoms with Gasteiger partial charge in [-0.3, -0.25) is 0 Å². The van der Waals surface area contributed by atoms with Gasteiger partial charge in [0.2, 0.25) is 0 Å². The van der Waals surface area contributed by atoms with Crippen LogP contribution in [-0.4, -0.2) is 50.2 Å². The summed E-state index contributed by atoms with van der Waals surface area (Å²) in [5.41, 5.74) is 0. The lowest BCUT2D eigenvalue weighted by molar-refractivity contribution is -0.154. The van der Waals surface area contributed by atoms with Crippen molar-refractivity contribution in [2.75, 3.05) is 26.4 Å². The van der Waals surface area contributed by atoms with Crippen molar-refractivity contribution in [2.24, 2.45) is 0 Å². The lowest BCUT2D eigenvalue weighted by atomic mass is 10.4. The predicted molar refractivity (Wildman–Crippen MR) is 60.6 cm³/mol. The summed E-state index contributed by atoms with van der Waals surface area (Å²) in [5.74, 6) is -0.966. The smallest absolute Gasteiger partial charge is 0.163 e. The molecular weight excluding hydrogens is 224 g/mol. The largest absolute Gasteiger partial charge is 0.376 e.